The predicted octanol–water partition coefficient (Wildman–Crippen LogP) is 4.06. The summed E-state index contributed by atoms with van der Waals surface area (Å²) >= 11 is 0. The van der Waals surface area contributed by atoms with Gasteiger partial charge in [-0.3, -0.25) is 0 Å². The van der Waals surface area contributed by atoms with Crippen molar-refractivity contribution in [2.45, 2.75) is 31.8 Å². The number of aliphatic hydroxyl groups is 1. The van der Waals surface area contributed by atoms with Crippen LogP contribution in [0.5, 0.6) is 0 Å². The summed E-state index contributed by atoms with van der Waals surface area (Å²) in [5.74, 6) is -4.10. The zero-order chi connectivity index (χ0) is 15.0. The molecule has 1 nitrogen and oxygen atoms in total. The Morgan fingerprint density at radius 2 is 1.43 bits per heavy atom. The van der Waals surface area contributed by atoms with Crippen molar-refractivity contribution < 1.29 is 18.3 Å². The Balaban J connectivity index is 1.96. The van der Waals surface area contributed by atoms with Crippen LogP contribution in [0.25, 0.3) is 0 Å². The Labute approximate surface area is 121 Å². The fourth-order valence-electron chi connectivity index (χ4n) is 2.85. The summed E-state index contributed by atoms with van der Waals surface area (Å²) in [5, 5.41) is 10.3. The van der Waals surface area contributed by atoms with Crippen molar-refractivity contribution in [2.75, 3.05) is 0 Å². The molecule has 0 heterocycles. The predicted molar refractivity (Wildman–Crippen MR) is 73.5 cm³/mol. The molecule has 0 saturated heterocycles. The molecule has 0 spiro atoms. The van der Waals surface area contributed by atoms with Gasteiger partial charge in [-0.05, 0) is 60.1 Å². The fraction of sp³-hybridized carbons (Fsp3) is 0.294. The minimum absolute atomic E-state index is 0.0159. The van der Waals surface area contributed by atoms with Crippen molar-refractivity contribution in [1.82, 2.24) is 0 Å². The highest BCUT2D eigenvalue weighted by molar-refractivity contribution is 5.38. The number of halogens is 3. The SMILES string of the molecule is OC(c1cc(F)c(F)c(F)c1)c1ccc2c(c1)CCCC2. The Kier molecular flexibility index (Phi) is 3.72. The first-order valence-corrected chi connectivity index (χ1v) is 7.00. The molecule has 4 heteroatoms. The minimum Gasteiger partial charge on any atom is -0.384 e. The molecule has 0 fully saturated rings. The molecule has 0 aliphatic heterocycles. The van der Waals surface area contributed by atoms with Gasteiger partial charge in [0.2, 0.25) is 0 Å². The molecule has 0 bridgehead atoms. The zero-order valence-corrected chi connectivity index (χ0v) is 11.4. The average Bonchev–Trinajstić information content (AvgIpc) is 2.51. The standard InChI is InChI=1S/C17H15F3O/c18-14-8-13(9-15(19)16(14)20)17(21)12-6-5-10-3-1-2-4-11(10)7-12/h5-9,17,21H,1-4H2. The van der Waals surface area contributed by atoms with Gasteiger partial charge in [-0.15, -0.1) is 0 Å². The fourth-order valence-corrected chi connectivity index (χ4v) is 2.85. The number of aliphatic hydroxyl groups excluding tert-OH is 1. The van der Waals surface area contributed by atoms with E-state index < -0.39 is 23.6 Å². The second kappa shape index (κ2) is 5.53. The van der Waals surface area contributed by atoms with Gasteiger partial charge in [0.15, 0.2) is 17.5 Å². The number of rotatable bonds is 2. The minimum atomic E-state index is -1.52. The molecule has 3 rings (SSSR count). The van der Waals surface area contributed by atoms with Crippen LogP contribution in [-0.4, -0.2) is 5.11 Å². The first-order chi connectivity index (χ1) is 10.1. The lowest BCUT2D eigenvalue weighted by Gasteiger charge is -2.19. The monoisotopic (exact) mass is 292 g/mol. The van der Waals surface area contributed by atoms with Crippen molar-refractivity contribution in [3.05, 3.63) is 70.0 Å². The third-order valence-corrected chi connectivity index (χ3v) is 4.01. The average molecular weight is 292 g/mol. The maximum Gasteiger partial charge on any atom is 0.194 e. The highest BCUT2D eigenvalue weighted by atomic mass is 19.2. The van der Waals surface area contributed by atoms with Gasteiger partial charge in [-0.25, -0.2) is 13.2 Å². The van der Waals surface area contributed by atoms with E-state index in [-0.39, 0.29) is 5.56 Å². The zero-order valence-electron chi connectivity index (χ0n) is 11.4. The first kappa shape index (κ1) is 14.1. The van der Waals surface area contributed by atoms with Crippen molar-refractivity contribution in [2.24, 2.45) is 0 Å². The molecule has 1 N–H and O–H groups in total. The lowest BCUT2D eigenvalue weighted by atomic mass is 9.88. The summed E-state index contributed by atoms with van der Waals surface area (Å²) in [6.07, 6.45) is 3.06. The Hall–Kier alpha value is -1.81. The second-order valence-corrected chi connectivity index (χ2v) is 5.44. The van der Waals surface area contributed by atoms with E-state index in [1.807, 2.05) is 12.1 Å². The van der Waals surface area contributed by atoms with E-state index in [9.17, 15) is 18.3 Å². The molecule has 1 aliphatic carbocycles. The molecule has 0 aromatic heterocycles. The normalized spacial score (nSPS) is 15.6. The van der Waals surface area contributed by atoms with Crippen LogP contribution in [0.2, 0.25) is 0 Å². The van der Waals surface area contributed by atoms with Crippen LogP contribution in [0.3, 0.4) is 0 Å². The van der Waals surface area contributed by atoms with E-state index in [1.165, 1.54) is 11.1 Å². The summed E-state index contributed by atoms with van der Waals surface area (Å²) in [6, 6.07) is 7.25. The van der Waals surface area contributed by atoms with Crippen molar-refractivity contribution in [3.63, 3.8) is 0 Å². The second-order valence-electron chi connectivity index (χ2n) is 5.44. The van der Waals surface area contributed by atoms with Gasteiger partial charge in [0, 0.05) is 0 Å². The van der Waals surface area contributed by atoms with E-state index in [1.54, 1.807) is 6.07 Å². The van der Waals surface area contributed by atoms with Gasteiger partial charge in [0.05, 0.1) is 0 Å². The largest absolute Gasteiger partial charge is 0.384 e. The summed E-state index contributed by atoms with van der Waals surface area (Å²) in [5.41, 5.74) is 3.01. The Morgan fingerprint density at radius 3 is 2.10 bits per heavy atom. The summed E-state index contributed by atoms with van der Waals surface area (Å²) in [7, 11) is 0. The van der Waals surface area contributed by atoms with Gasteiger partial charge in [0.1, 0.15) is 6.10 Å². The van der Waals surface area contributed by atoms with E-state index in [0.717, 1.165) is 37.8 Å². The van der Waals surface area contributed by atoms with Gasteiger partial charge in [-0.1, -0.05) is 18.2 Å². The van der Waals surface area contributed by atoms with E-state index >= 15 is 0 Å². The number of benzene rings is 2. The summed E-state index contributed by atoms with van der Waals surface area (Å²) in [6.45, 7) is 0. The van der Waals surface area contributed by atoms with Crippen LogP contribution in [0.15, 0.2) is 30.3 Å². The molecular weight excluding hydrogens is 277 g/mol. The summed E-state index contributed by atoms with van der Waals surface area (Å²) in [4.78, 5) is 0. The van der Waals surface area contributed by atoms with Crippen LogP contribution in [-0.2, 0) is 12.8 Å². The Bertz CT molecular complexity index is 659. The van der Waals surface area contributed by atoms with Gasteiger partial charge >= 0.3 is 0 Å². The molecule has 0 radical (unpaired) electrons. The quantitative estimate of drug-likeness (QED) is 0.827. The van der Waals surface area contributed by atoms with Crippen LogP contribution in [0.1, 0.15) is 41.2 Å². The van der Waals surface area contributed by atoms with E-state index in [4.69, 9.17) is 0 Å². The molecule has 0 saturated carbocycles. The molecule has 21 heavy (non-hydrogen) atoms. The highest BCUT2D eigenvalue weighted by Gasteiger charge is 2.18. The van der Waals surface area contributed by atoms with Gasteiger partial charge in [0.25, 0.3) is 0 Å². The van der Waals surface area contributed by atoms with E-state index in [0.29, 0.717) is 5.56 Å². The molecule has 1 aliphatic rings. The third-order valence-electron chi connectivity index (χ3n) is 4.01. The molecule has 2 aromatic rings. The van der Waals surface area contributed by atoms with Crippen molar-refractivity contribution in [1.29, 1.82) is 0 Å². The summed E-state index contributed by atoms with van der Waals surface area (Å²) < 4.78 is 39.5. The third kappa shape index (κ3) is 2.68. The molecule has 110 valence electrons. The van der Waals surface area contributed by atoms with Crippen molar-refractivity contribution >= 4 is 0 Å². The lowest BCUT2D eigenvalue weighted by Crippen LogP contribution is -2.07. The topological polar surface area (TPSA) is 20.2 Å². The molecular formula is C17H15F3O. The first-order valence-electron chi connectivity index (χ1n) is 7.00. The van der Waals surface area contributed by atoms with Gasteiger partial charge < -0.3 is 5.11 Å². The number of fused-ring (bicyclic) bond motifs is 1. The number of hydrogen-bond donors (Lipinski definition) is 1. The number of aryl methyl sites for hydroxylation is 2. The molecule has 1 unspecified atom stereocenters. The van der Waals surface area contributed by atoms with Crippen LogP contribution in [0, 0.1) is 17.5 Å². The Morgan fingerprint density at radius 1 is 0.810 bits per heavy atom. The maximum atomic E-state index is 13.3. The van der Waals surface area contributed by atoms with E-state index in [2.05, 4.69) is 0 Å². The van der Waals surface area contributed by atoms with Gasteiger partial charge in [-0.2, -0.15) is 0 Å². The smallest absolute Gasteiger partial charge is 0.194 e. The number of hydrogen-bond acceptors (Lipinski definition) is 1. The molecule has 2 aromatic carbocycles. The van der Waals surface area contributed by atoms with Crippen LogP contribution >= 0.6 is 0 Å². The lowest BCUT2D eigenvalue weighted by molar-refractivity contribution is 0.218. The van der Waals surface area contributed by atoms with Crippen LogP contribution in [0.4, 0.5) is 13.2 Å². The maximum absolute atomic E-state index is 13.3. The van der Waals surface area contributed by atoms with Crippen LogP contribution < -0.4 is 0 Å². The molecule has 0 amide bonds. The highest BCUT2D eigenvalue weighted by Crippen LogP contribution is 2.29. The molecule has 1 atom stereocenters. The van der Waals surface area contributed by atoms with Crippen molar-refractivity contribution in [3.8, 4) is 0 Å².